The van der Waals surface area contributed by atoms with Gasteiger partial charge < -0.3 is 10.6 Å². The number of nitro groups is 1. The lowest BCUT2D eigenvalue weighted by molar-refractivity contribution is -0.384. The molecule has 168 valence electrons. The van der Waals surface area contributed by atoms with Crippen LogP contribution in [0.25, 0.3) is 0 Å². The van der Waals surface area contributed by atoms with E-state index < -0.39 is 20.5 Å². The van der Waals surface area contributed by atoms with E-state index in [9.17, 15) is 23.3 Å². The van der Waals surface area contributed by atoms with Crippen molar-refractivity contribution in [1.29, 1.82) is 0 Å². The van der Waals surface area contributed by atoms with Crippen LogP contribution in [0.2, 0.25) is 0 Å². The number of carbonyl (C=O) groups excluding carboxylic acids is 1. The van der Waals surface area contributed by atoms with Crippen LogP contribution in [0.3, 0.4) is 0 Å². The fourth-order valence-corrected chi connectivity index (χ4v) is 4.21. The first-order valence-corrected chi connectivity index (χ1v) is 11.2. The van der Waals surface area contributed by atoms with E-state index >= 15 is 0 Å². The maximum Gasteiger partial charge on any atom is 0.294 e. The van der Waals surface area contributed by atoms with Gasteiger partial charge in [-0.1, -0.05) is 13.8 Å². The van der Waals surface area contributed by atoms with Crippen LogP contribution >= 0.6 is 0 Å². The smallest absolute Gasteiger partial charge is 0.294 e. The average molecular weight is 449 g/mol. The molecule has 0 aliphatic rings. The van der Waals surface area contributed by atoms with Crippen molar-refractivity contribution in [2.75, 3.05) is 10.6 Å². The van der Waals surface area contributed by atoms with Crippen LogP contribution in [-0.4, -0.2) is 24.8 Å². The molecule has 9 nitrogen and oxygen atoms in total. The van der Waals surface area contributed by atoms with Gasteiger partial charge in [0.05, 0.1) is 9.82 Å². The summed E-state index contributed by atoms with van der Waals surface area (Å²) in [6.07, 6.45) is 0.408. The van der Waals surface area contributed by atoms with E-state index in [1.165, 1.54) is 12.1 Å². The average Bonchev–Trinajstić information content (AvgIpc) is 2.60. The number of sulfonamides is 1. The second-order valence-corrected chi connectivity index (χ2v) is 10.3. The zero-order chi connectivity index (χ0) is 23.4. The second-order valence-electron chi connectivity index (χ2n) is 8.64. The quantitative estimate of drug-likeness (QED) is 0.405. The van der Waals surface area contributed by atoms with Gasteiger partial charge in [0.1, 0.15) is 5.69 Å². The van der Waals surface area contributed by atoms with Crippen LogP contribution < -0.4 is 15.4 Å². The van der Waals surface area contributed by atoms with E-state index in [-0.39, 0.29) is 28.1 Å². The molecule has 2 aromatic carbocycles. The van der Waals surface area contributed by atoms with Gasteiger partial charge in [-0.25, -0.2) is 13.1 Å². The number of hydrogen-bond donors (Lipinski definition) is 3. The summed E-state index contributed by atoms with van der Waals surface area (Å²) in [6, 6.07) is 10.4. The Labute approximate surface area is 182 Å². The highest BCUT2D eigenvalue weighted by molar-refractivity contribution is 7.89. The zero-order valence-corrected chi connectivity index (χ0v) is 19.0. The molecular formula is C21H28N4O5S. The molecule has 0 fully saturated rings. The van der Waals surface area contributed by atoms with Crippen molar-refractivity contribution < 1.29 is 18.1 Å². The van der Waals surface area contributed by atoms with Crippen molar-refractivity contribution in [3.63, 3.8) is 0 Å². The summed E-state index contributed by atoms with van der Waals surface area (Å²) in [4.78, 5) is 22.6. The van der Waals surface area contributed by atoms with Crippen molar-refractivity contribution in [3.05, 3.63) is 52.6 Å². The fourth-order valence-electron chi connectivity index (χ4n) is 2.77. The van der Waals surface area contributed by atoms with E-state index in [0.29, 0.717) is 17.8 Å². The zero-order valence-electron chi connectivity index (χ0n) is 18.2. The predicted molar refractivity (Wildman–Crippen MR) is 121 cm³/mol. The van der Waals surface area contributed by atoms with Gasteiger partial charge in [-0.3, -0.25) is 14.9 Å². The number of carbonyl (C=O) groups is 1. The van der Waals surface area contributed by atoms with Crippen molar-refractivity contribution in [3.8, 4) is 0 Å². The molecule has 2 aromatic rings. The number of nitrogens with one attached hydrogen (secondary N) is 3. The van der Waals surface area contributed by atoms with Crippen molar-refractivity contribution in [2.45, 2.75) is 51.5 Å². The molecule has 0 atom stereocenters. The highest BCUT2D eigenvalue weighted by Crippen LogP contribution is 2.31. The van der Waals surface area contributed by atoms with Crippen LogP contribution in [0.15, 0.2) is 47.4 Å². The van der Waals surface area contributed by atoms with E-state index in [1.54, 1.807) is 45.0 Å². The van der Waals surface area contributed by atoms with Crippen LogP contribution in [0.5, 0.6) is 0 Å². The number of anilines is 3. The first kappa shape index (κ1) is 24.3. The molecule has 0 aliphatic carbocycles. The minimum Gasteiger partial charge on any atom is -0.350 e. The Kier molecular flexibility index (Phi) is 7.40. The number of rotatable bonds is 8. The third-order valence-corrected chi connectivity index (χ3v) is 5.71. The van der Waals surface area contributed by atoms with Crippen LogP contribution in [0.1, 0.15) is 41.0 Å². The predicted octanol–water partition coefficient (Wildman–Crippen LogP) is 4.40. The van der Waals surface area contributed by atoms with Crippen LogP contribution in [0, 0.1) is 16.0 Å². The molecule has 0 aliphatic heterocycles. The van der Waals surface area contributed by atoms with E-state index in [1.807, 2.05) is 13.8 Å². The molecule has 0 unspecified atom stereocenters. The minimum absolute atomic E-state index is 0.0907. The summed E-state index contributed by atoms with van der Waals surface area (Å²) in [6.45, 7) is 8.96. The summed E-state index contributed by atoms with van der Waals surface area (Å²) >= 11 is 0. The summed E-state index contributed by atoms with van der Waals surface area (Å²) in [5, 5.41) is 17.3. The molecule has 0 radical (unpaired) electrons. The molecule has 31 heavy (non-hydrogen) atoms. The number of amides is 1. The van der Waals surface area contributed by atoms with Crippen LogP contribution in [0.4, 0.5) is 22.7 Å². The molecule has 0 heterocycles. The normalized spacial score (nSPS) is 11.9. The SMILES string of the molecule is CC(C)CC(=O)Nc1ccc(Nc2ccc(S(=O)(=O)NC(C)(C)C)cc2[N+](=O)[O-])cc1. The Morgan fingerprint density at radius 3 is 2.16 bits per heavy atom. The first-order valence-electron chi connectivity index (χ1n) is 9.76. The molecule has 0 saturated carbocycles. The van der Waals surface area contributed by atoms with Crippen molar-refractivity contribution in [1.82, 2.24) is 4.72 Å². The van der Waals surface area contributed by atoms with Gasteiger partial charge in [0, 0.05) is 29.4 Å². The Morgan fingerprint density at radius 1 is 1.06 bits per heavy atom. The highest BCUT2D eigenvalue weighted by atomic mass is 32.2. The van der Waals surface area contributed by atoms with Gasteiger partial charge >= 0.3 is 0 Å². The van der Waals surface area contributed by atoms with Crippen molar-refractivity contribution >= 4 is 38.7 Å². The van der Waals surface area contributed by atoms with E-state index in [2.05, 4.69) is 15.4 Å². The topological polar surface area (TPSA) is 130 Å². The Hall–Kier alpha value is -2.98. The summed E-state index contributed by atoms with van der Waals surface area (Å²) in [7, 11) is -3.91. The van der Waals surface area contributed by atoms with Gasteiger partial charge in [-0.05, 0) is 63.1 Å². The number of benzene rings is 2. The summed E-state index contributed by atoms with van der Waals surface area (Å²) < 4.78 is 27.5. The fraction of sp³-hybridized carbons (Fsp3) is 0.381. The molecule has 10 heteroatoms. The lowest BCUT2D eigenvalue weighted by Crippen LogP contribution is -2.40. The van der Waals surface area contributed by atoms with Crippen LogP contribution in [-0.2, 0) is 14.8 Å². The summed E-state index contributed by atoms with van der Waals surface area (Å²) in [5.74, 6) is 0.152. The number of nitrogens with zero attached hydrogens (tertiary/aromatic N) is 1. The number of hydrogen-bond acceptors (Lipinski definition) is 6. The second kappa shape index (κ2) is 9.44. The highest BCUT2D eigenvalue weighted by Gasteiger charge is 2.25. The molecule has 1 amide bonds. The maximum atomic E-state index is 12.5. The van der Waals surface area contributed by atoms with Gasteiger partial charge in [-0.2, -0.15) is 0 Å². The molecular weight excluding hydrogens is 420 g/mol. The first-order chi connectivity index (χ1) is 14.3. The molecule has 0 bridgehead atoms. The lowest BCUT2D eigenvalue weighted by atomic mass is 10.1. The van der Waals surface area contributed by atoms with Gasteiger partial charge in [0.15, 0.2) is 0 Å². The number of nitro benzene ring substituents is 1. The van der Waals surface area contributed by atoms with Gasteiger partial charge in [0.2, 0.25) is 15.9 Å². The van der Waals surface area contributed by atoms with Gasteiger partial charge in [-0.15, -0.1) is 0 Å². The molecule has 2 rings (SSSR count). The lowest BCUT2D eigenvalue weighted by Gasteiger charge is -2.20. The Bertz CT molecular complexity index is 1060. The molecule has 0 saturated heterocycles. The maximum absolute atomic E-state index is 12.5. The summed E-state index contributed by atoms with van der Waals surface area (Å²) in [5.41, 5.74) is 0.216. The van der Waals surface area contributed by atoms with Gasteiger partial charge in [0.25, 0.3) is 5.69 Å². The third-order valence-electron chi connectivity index (χ3n) is 3.96. The Balaban J connectivity index is 2.23. The third kappa shape index (κ3) is 7.34. The Morgan fingerprint density at radius 2 is 1.65 bits per heavy atom. The minimum atomic E-state index is -3.91. The van der Waals surface area contributed by atoms with Crippen molar-refractivity contribution in [2.24, 2.45) is 5.92 Å². The largest absolute Gasteiger partial charge is 0.350 e. The standard InChI is InChI=1S/C21H28N4O5S/c1-14(2)12-20(26)23-16-8-6-15(7-9-16)22-18-11-10-17(13-19(18)25(27)28)31(29,30)24-21(3,4)5/h6-11,13-14,22,24H,12H2,1-5H3,(H,23,26). The molecule has 0 aromatic heterocycles. The van der Waals surface area contributed by atoms with E-state index in [4.69, 9.17) is 0 Å². The van der Waals surface area contributed by atoms with E-state index in [0.717, 1.165) is 6.07 Å². The molecule has 0 spiro atoms. The molecule has 3 N–H and O–H groups in total. The monoisotopic (exact) mass is 448 g/mol.